The first kappa shape index (κ1) is 7.57. The van der Waals surface area contributed by atoms with E-state index in [1.54, 1.807) is 6.20 Å². The summed E-state index contributed by atoms with van der Waals surface area (Å²) < 4.78 is 0. The largest absolute Gasteiger partial charge is 0.392 e. The fourth-order valence-electron chi connectivity index (χ4n) is 1.09. The van der Waals surface area contributed by atoms with Crippen molar-refractivity contribution >= 4 is 0 Å². The Kier molecular flexibility index (Phi) is 2.29. The number of nitrogens with zero attached hydrogens (tertiary/aromatic N) is 1. The van der Waals surface area contributed by atoms with E-state index in [9.17, 15) is 5.11 Å². The van der Waals surface area contributed by atoms with Gasteiger partial charge in [0.1, 0.15) is 0 Å². The topological polar surface area (TPSA) is 43.7 Å². The molecule has 0 fully saturated rings. The van der Waals surface area contributed by atoms with E-state index in [-0.39, 0.29) is 6.61 Å². The quantitative estimate of drug-likeness (QED) is 0.523. The number of hydrogen-bond donors (Lipinski definition) is 2. The molecule has 0 radical (unpaired) electrons. The third-order valence-electron chi connectivity index (χ3n) is 1.75. The molecule has 0 spiro atoms. The van der Waals surface area contributed by atoms with Crippen molar-refractivity contribution in [3.63, 3.8) is 0 Å². The van der Waals surface area contributed by atoms with E-state index in [0.29, 0.717) is 5.57 Å². The molecule has 0 saturated carbocycles. The Balaban J connectivity index is 2.62. The standard InChI is InChI=1S/C7H13NO2/c1-8-3-2-7(10)6(4-8)5-9/h4,7,9-10H,2-3,5H2,1H3. The van der Waals surface area contributed by atoms with Gasteiger partial charge >= 0.3 is 0 Å². The second-order valence-corrected chi connectivity index (χ2v) is 2.65. The number of rotatable bonds is 1. The van der Waals surface area contributed by atoms with Crippen LogP contribution in [-0.4, -0.2) is 41.4 Å². The van der Waals surface area contributed by atoms with Crippen LogP contribution in [0.3, 0.4) is 0 Å². The zero-order chi connectivity index (χ0) is 7.56. The van der Waals surface area contributed by atoms with E-state index in [0.717, 1.165) is 13.0 Å². The van der Waals surface area contributed by atoms with Gasteiger partial charge in [-0.1, -0.05) is 0 Å². The lowest BCUT2D eigenvalue weighted by atomic mass is 10.1. The van der Waals surface area contributed by atoms with Gasteiger partial charge < -0.3 is 15.1 Å². The van der Waals surface area contributed by atoms with Crippen molar-refractivity contribution < 1.29 is 10.2 Å². The van der Waals surface area contributed by atoms with Crippen molar-refractivity contribution in [2.75, 3.05) is 20.2 Å². The van der Waals surface area contributed by atoms with E-state index in [2.05, 4.69) is 0 Å². The zero-order valence-electron chi connectivity index (χ0n) is 6.12. The van der Waals surface area contributed by atoms with Crippen molar-refractivity contribution in [2.24, 2.45) is 0 Å². The van der Waals surface area contributed by atoms with Gasteiger partial charge in [-0.15, -0.1) is 0 Å². The van der Waals surface area contributed by atoms with Crippen LogP contribution in [0.25, 0.3) is 0 Å². The van der Waals surface area contributed by atoms with Gasteiger partial charge in [-0.05, 0) is 12.0 Å². The van der Waals surface area contributed by atoms with Crippen LogP contribution in [0.1, 0.15) is 6.42 Å². The summed E-state index contributed by atoms with van der Waals surface area (Å²) in [7, 11) is 1.93. The van der Waals surface area contributed by atoms with Crippen LogP contribution in [0.15, 0.2) is 11.8 Å². The van der Waals surface area contributed by atoms with Crippen LogP contribution in [0.2, 0.25) is 0 Å². The van der Waals surface area contributed by atoms with Crippen molar-refractivity contribution in [2.45, 2.75) is 12.5 Å². The lowest BCUT2D eigenvalue weighted by Gasteiger charge is -2.25. The molecule has 0 amide bonds. The Morgan fingerprint density at radius 1 is 1.80 bits per heavy atom. The fraction of sp³-hybridized carbons (Fsp3) is 0.714. The van der Waals surface area contributed by atoms with Gasteiger partial charge in [0.2, 0.25) is 0 Å². The predicted octanol–water partition coefficient (Wildman–Crippen LogP) is -0.441. The minimum absolute atomic E-state index is 0.0362. The maximum atomic E-state index is 9.23. The van der Waals surface area contributed by atoms with Crippen molar-refractivity contribution in [3.8, 4) is 0 Å². The van der Waals surface area contributed by atoms with Crippen LogP contribution in [0.5, 0.6) is 0 Å². The highest BCUT2D eigenvalue weighted by molar-refractivity contribution is 5.10. The zero-order valence-corrected chi connectivity index (χ0v) is 6.12. The molecule has 3 heteroatoms. The van der Waals surface area contributed by atoms with Crippen LogP contribution < -0.4 is 0 Å². The normalized spacial score (nSPS) is 26.5. The summed E-state index contributed by atoms with van der Waals surface area (Å²) in [5.41, 5.74) is 0.716. The second-order valence-electron chi connectivity index (χ2n) is 2.65. The molecule has 10 heavy (non-hydrogen) atoms. The summed E-state index contributed by atoms with van der Waals surface area (Å²) >= 11 is 0. The smallest absolute Gasteiger partial charge is 0.0806 e. The third kappa shape index (κ3) is 1.49. The van der Waals surface area contributed by atoms with Crippen molar-refractivity contribution in [1.29, 1.82) is 0 Å². The van der Waals surface area contributed by atoms with Crippen LogP contribution in [-0.2, 0) is 0 Å². The van der Waals surface area contributed by atoms with E-state index >= 15 is 0 Å². The van der Waals surface area contributed by atoms with Gasteiger partial charge in [0, 0.05) is 19.8 Å². The molecular formula is C7H13NO2. The molecule has 1 atom stereocenters. The molecule has 1 unspecified atom stereocenters. The molecule has 0 aromatic rings. The Morgan fingerprint density at radius 3 is 3.00 bits per heavy atom. The molecule has 2 N–H and O–H groups in total. The Bertz CT molecular complexity index is 145. The first-order valence-electron chi connectivity index (χ1n) is 3.44. The van der Waals surface area contributed by atoms with Gasteiger partial charge in [-0.3, -0.25) is 0 Å². The fourth-order valence-corrected chi connectivity index (χ4v) is 1.09. The van der Waals surface area contributed by atoms with E-state index in [1.165, 1.54) is 0 Å². The minimum atomic E-state index is -0.429. The molecule has 1 aliphatic rings. The Morgan fingerprint density at radius 2 is 2.50 bits per heavy atom. The molecule has 0 saturated heterocycles. The van der Waals surface area contributed by atoms with Crippen LogP contribution in [0.4, 0.5) is 0 Å². The summed E-state index contributed by atoms with van der Waals surface area (Å²) in [5, 5.41) is 18.0. The molecule has 0 bridgehead atoms. The molecule has 1 heterocycles. The highest BCUT2D eigenvalue weighted by Gasteiger charge is 2.15. The third-order valence-corrected chi connectivity index (χ3v) is 1.75. The summed E-state index contributed by atoms with van der Waals surface area (Å²) in [6.45, 7) is 0.830. The SMILES string of the molecule is CN1C=C(CO)C(O)CC1. The predicted molar refractivity (Wildman–Crippen MR) is 38.4 cm³/mol. The molecule has 0 aliphatic carbocycles. The summed E-state index contributed by atoms with van der Waals surface area (Å²) in [6.07, 6.45) is 2.10. The lowest BCUT2D eigenvalue weighted by Crippen LogP contribution is -2.28. The molecule has 1 aliphatic heterocycles. The van der Waals surface area contributed by atoms with E-state index < -0.39 is 6.10 Å². The number of aliphatic hydroxyl groups is 2. The highest BCUT2D eigenvalue weighted by atomic mass is 16.3. The van der Waals surface area contributed by atoms with E-state index in [1.807, 2.05) is 11.9 Å². The highest BCUT2D eigenvalue weighted by Crippen LogP contribution is 2.12. The number of aliphatic hydroxyl groups excluding tert-OH is 2. The van der Waals surface area contributed by atoms with Crippen molar-refractivity contribution in [1.82, 2.24) is 4.90 Å². The maximum absolute atomic E-state index is 9.23. The van der Waals surface area contributed by atoms with Gasteiger partial charge in [-0.2, -0.15) is 0 Å². The van der Waals surface area contributed by atoms with Gasteiger partial charge in [0.25, 0.3) is 0 Å². The number of hydrogen-bond acceptors (Lipinski definition) is 3. The van der Waals surface area contributed by atoms with Crippen LogP contribution in [0, 0.1) is 0 Å². The van der Waals surface area contributed by atoms with E-state index in [4.69, 9.17) is 5.11 Å². The molecule has 3 nitrogen and oxygen atoms in total. The van der Waals surface area contributed by atoms with Crippen molar-refractivity contribution in [3.05, 3.63) is 11.8 Å². The summed E-state index contributed by atoms with van der Waals surface area (Å²) in [4.78, 5) is 1.97. The average Bonchev–Trinajstić information content (AvgIpc) is 1.94. The lowest BCUT2D eigenvalue weighted by molar-refractivity contribution is 0.152. The Hall–Kier alpha value is -0.540. The molecular weight excluding hydrogens is 130 g/mol. The summed E-state index contributed by atoms with van der Waals surface area (Å²) in [5.74, 6) is 0. The second kappa shape index (κ2) is 3.03. The van der Waals surface area contributed by atoms with Gasteiger partial charge in [0.15, 0.2) is 0 Å². The molecule has 0 aromatic carbocycles. The average molecular weight is 143 g/mol. The monoisotopic (exact) mass is 143 g/mol. The maximum Gasteiger partial charge on any atom is 0.0806 e. The first-order valence-corrected chi connectivity index (χ1v) is 3.44. The van der Waals surface area contributed by atoms with Gasteiger partial charge in [0.05, 0.1) is 12.7 Å². The van der Waals surface area contributed by atoms with Gasteiger partial charge in [-0.25, -0.2) is 0 Å². The minimum Gasteiger partial charge on any atom is -0.392 e. The molecule has 1 rings (SSSR count). The Labute approximate surface area is 60.6 Å². The summed E-state index contributed by atoms with van der Waals surface area (Å²) in [6, 6.07) is 0. The van der Waals surface area contributed by atoms with Crippen LogP contribution >= 0.6 is 0 Å². The molecule has 58 valence electrons. The first-order chi connectivity index (χ1) is 4.74. The molecule has 0 aromatic heterocycles.